The molecule has 2 nitrogen and oxygen atoms in total. The molecule has 1 aromatic heterocycles. The number of hydrogen-bond donors (Lipinski definition) is 0. The van der Waals surface area contributed by atoms with E-state index in [1.165, 1.54) is 30.0 Å². The Morgan fingerprint density at radius 1 is 1.50 bits per heavy atom. The van der Waals surface area contributed by atoms with Crippen LogP contribution in [0.5, 0.6) is 0 Å². The highest BCUT2D eigenvalue weighted by atomic mass is 35.5. The molecule has 0 spiro atoms. The summed E-state index contributed by atoms with van der Waals surface area (Å²) < 4.78 is 5.72. The summed E-state index contributed by atoms with van der Waals surface area (Å²) >= 11 is 7.43. The summed E-state index contributed by atoms with van der Waals surface area (Å²) in [5, 5.41) is 3.38. The van der Waals surface area contributed by atoms with Crippen molar-refractivity contribution in [2.75, 3.05) is 12.5 Å². The highest BCUT2D eigenvalue weighted by Gasteiger charge is 2.16. The van der Waals surface area contributed by atoms with E-state index in [2.05, 4.69) is 10.4 Å². The zero-order valence-electron chi connectivity index (χ0n) is 9.45. The molecule has 0 bridgehead atoms. The third kappa shape index (κ3) is 3.72. The molecule has 16 heavy (non-hydrogen) atoms. The van der Waals surface area contributed by atoms with Crippen LogP contribution in [0.15, 0.2) is 5.38 Å². The van der Waals surface area contributed by atoms with Gasteiger partial charge in [0.05, 0.1) is 16.8 Å². The van der Waals surface area contributed by atoms with Crippen LogP contribution in [-0.4, -0.2) is 23.6 Å². The average Bonchev–Trinajstić information content (AvgIpc) is 2.75. The summed E-state index contributed by atoms with van der Waals surface area (Å²) in [6.45, 7) is 0.926. The molecule has 4 heteroatoms. The molecule has 1 aromatic rings. The number of nitrogens with zero attached hydrogens (tertiary/aromatic N) is 1. The Balaban J connectivity index is 1.81. The molecule has 2 rings (SSSR count). The van der Waals surface area contributed by atoms with Gasteiger partial charge in [0.25, 0.3) is 0 Å². The lowest BCUT2D eigenvalue weighted by molar-refractivity contribution is 0.0167. The smallest absolute Gasteiger partial charge is 0.0954 e. The highest BCUT2D eigenvalue weighted by Crippen LogP contribution is 2.20. The van der Waals surface area contributed by atoms with Crippen LogP contribution < -0.4 is 0 Å². The van der Waals surface area contributed by atoms with E-state index in [1.54, 1.807) is 11.3 Å². The lowest BCUT2D eigenvalue weighted by atomic mass is 10.1. The Bertz CT molecular complexity index is 310. The van der Waals surface area contributed by atoms with Crippen molar-refractivity contribution in [3.8, 4) is 0 Å². The van der Waals surface area contributed by atoms with E-state index >= 15 is 0 Å². The van der Waals surface area contributed by atoms with Crippen LogP contribution in [-0.2, 0) is 17.6 Å². The first kappa shape index (κ1) is 12.3. The zero-order valence-corrected chi connectivity index (χ0v) is 11.0. The molecule has 90 valence electrons. The van der Waals surface area contributed by atoms with Crippen LogP contribution in [0.4, 0.5) is 0 Å². The van der Waals surface area contributed by atoms with E-state index in [9.17, 15) is 0 Å². The van der Waals surface area contributed by atoms with E-state index in [0.29, 0.717) is 6.10 Å². The number of rotatable bonds is 5. The molecule has 1 unspecified atom stereocenters. The minimum atomic E-state index is 0.403. The molecule has 0 saturated carbocycles. The lowest BCUT2D eigenvalue weighted by Crippen LogP contribution is -2.21. The molecule has 1 atom stereocenters. The Kier molecular flexibility index (Phi) is 5.07. The van der Waals surface area contributed by atoms with E-state index in [0.717, 1.165) is 31.7 Å². The highest BCUT2D eigenvalue weighted by molar-refractivity contribution is 7.09. The fourth-order valence-corrected chi connectivity index (χ4v) is 3.00. The Hall–Kier alpha value is -0.120. The van der Waals surface area contributed by atoms with Crippen molar-refractivity contribution in [3.05, 3.63) is 16.1 Å². The molecule has 0 aromatic carbocycles. The average molecular weight is 260 g/mol. The van der Waals surface area contributed by atoms with Crippen LogP contribution in [0, 0.1) is 0 Å². The number of hydrogen-bond acceptors (Lipinski definition) is 3. The Labute approximate surface area is 106 Å². The third-order valence-corrected chi connectivity index (χ3v) is 4.03. The predicted molar refractivity (Wildman–Crippen MR) is 68.5 cm³/mol. The summed E-state index contributed by atoms with van der Waals surface area (Å²) in [6.07, 6.45) is 7.13. The van der Waals surface area contributed by atoms with Gasteiger partial charge in [0.15, 0.2) is 0 Å². The number of thiazole rings is 1. The normalized spacial score (nSPS) is 21.2. The number of aromatic nitrogens is 1. The summed E-state index contributed by atoms with van der Waals surface area (Å²) in [6, 6.07) is 0. The largest absolute Gasteiger partial charge is 0.378 e. The second kappa shape index (κ2) is 6.58. The lowest BCUT2D eigenvalue weighted by Gasteiger charge is -2.21. The van der Waals surface area contributed by atoms with E-state index in [-0.39, 0.29) is 0 Å². The van der Waals surface area contributed by atoms with Gasteiger partial charge >= 0.3 is 0 Å². The van der Waals surface area contributed by atoms with Gasteiger partial charge in [-0.3, -0.25) is 0 Å². The number of aryl methyl sites for hydroxylation is 1. The fourth-order valence-electron chi connectivity index (χ4n) is 1.97. The summed E-state index contributed by atoms with van der Waals surface area (Å²) in [5.41, 5.74) is 1.19. The first-order chi connectivity index (χ1) is 7.88. The van der Waals surface area contributed by atoms with Crippen molar-refractivity contribution in [1.82, 2.24) is 4.98 Å². The molecule has 0 radical (unpaired) electrons. The van der Waals surface area contributed by atoms with Gasteiger partial charge in [0.1, 0.15) is 0 Å². The minimum Gasteiger partial charge on any atom is -0.378 e. The monoisotopic (exact) mass is 259 g/mol. The predicted octanol–water partition coefficient (Wildman–Crippen LogP) is 3.43. The second-order valence-corrected chi connectivity index (χ2v) is 5.54. The molecule has 1 saturated heterocycles. The number of halogens is 1. The molecule has 0 N–H and O–H groups in total. The topological polar surface area (TPSA) is 22.1 Å². The van der Waals surface area contributed by atoms with Crippen LogP contribution >= 0.6 is 22.9 Å². The Morgan fingerprint density at radius 2 is 2.44 bits per heavy atom. The van der Waals surface area contributed by atoms with Gasteiger partial charge in [-0.1, -0.05) is 0 Å². The second-order valence-electron chi connectivity index (χ2n) is 4.22. The van der Waals surface area contributed by atoms with Gasteiger partial charge in [0, 0.05) is 24.3 Å². The van der Waals surface area contributed by atoms with Crippen molar-refractivity contribution in [1.29, 1.82) is 0 Å². The van der Waals surface area contributed by atoms with Gasteiger partial charge in [0.2, 0.25) is 0 Å². The zero-order chi connectivity index (χ0) is 11.2. The van der Waals surface area contributed by atoms with Crippen molar-refractivity contribution in [3.63, 3.8) is 0 Å². The van der Waals surface area contributed by atoms with Crippen LogP contribution in [0.25, 0.3) is 0 Å². The van der Waals surface area contributed by atoms with Crippen molar-refractivity contribution < 1.29 is 4.74 Å². The van der Waals surface area contributed by atoms with Gasteiger partial charge in [-0.05, 0) is 32.1 Å². The van der Waals surface area contributed by atoms with Crippen LogP contribution in [0.2, 0.25) is 0 Å². The van der Waals surface area contributed by atoms with Gasteiger partial charge < -0.3 is 4.74 Å². The van der Waals surface area contributed by atoms with E-state index < -0.39 is 0 Å². The third-order valence-electron chi connectivity index (χ3n) is 2.84. The molecule has 1 aliphatic rings. The van der Waals surface area contributed by atoms with E-state index in [4.69, 9.17) is 16.3 Å². The summed E-state index contributed by atoms with van der Waals surface area (Å²) in [5.74, 6) is 0.721. The maximum atomic E-state index is 5.72. The van der Waals surface area contributed by atoms with Crippen LogP contribution in [0.1, 0.15) is 36.4 Å². The molecular weight excluding hydrogens is 242 g/mol. The quantitative estimate of drug-likeness (QED) is 0.756. The van der Waals surface area contributed by atoms with Gasteiger partial charge in [-0.25, -0.2) is 4.98 Å². The maximum Gasteiger partial charge on any atom is 0.0954 e. The van der Waals surface area contributed by atoms with Crippen molar-refractivity contribution in [2.24, 2.45) is 0 Å². The number of ether oxygens (including phenoxy) is 1. The first-order valence-electron chi connectivity index (χ1n) is 5.99. The SMILES string of the molecule is ClCCCc1csc(CC2CCCCO2)n1. The molecular formula is C12H18ClNOS. The molecule has 1 fully saturated rings. The maximum absolute atomic E-state index is 5.72. The molecule has 1 aliphatic heterocycles. The molecule has 0 amide bonds. The number of alkyl halides is 1. The van der Waals surface area contributed by atoms with Crippen molar-refractivity contribution in [2.45, 2.75) is 44.6 Å². The van der Waals surface area contributed by atoms with Gasteiger partial charge in [-0.15, -0.1) is 22.9 Å². The first-order valence-corrected chi connectivity index (χ1v) is 7.41. The molecule has 2 heterocycles. The van der Waals surface area contributed by atoms with Crippen molar-refractivity contribution >= 4 is 22.9 Å². The summed E-state index contributed by atoms with van der Waals surface area (Å²) in [4.78, 5) is 4.62. The Morgan fingerprint density at radius 3 is 3.19 bits per heavy atom. The molecule has 0 aliphatic carbocycles. The minimum absolute atomic E-state index is 0.403. The standard InChI is InChI=1S/C12H18ClNOS/c13-6-3-4-10-9-16-12(14-10)8-11-5-1-2-7-15-11/h9,11H,1-8H2. The van der Waals surface area contributed by atoms with Crippen LogP contribution in [0.3, 0.4) is 0 Å². The fraction of sp³-hybridized carbons (Fsp3) is 0.750. The van der Waals surface area contributed by atoms with E-state index in [1.807, 2.05) is 0 Å². The van der Waals surface area contributed by atoms with Gasteiger partial charge in [-0.2, -0.15) is 0 Å². The summed E-state index contributed by atoms with van der Waals surface area (Å²) in [7, 11) is 0.